The summed E-state index contributed by atoms with van der Waals surface area (Å²) in [5.41, 5.74) is 7.49. The lowest BCUT2D eigenvalue weighted by atomic mass is 9.96. The van der Waals surface area contributed by atoms with Crippen molar-refractivity contribution in [1.82, 2.24) is 9.88 Å². The quantitative estimate of drug-likeness (QED) is 0.909. The van der Waals surface area contributed by atoms with Gasteiger partial charge in [0.05, 0.1) is 0 Å². The van der Waals surface area contributed by atoms with Gasteiger partial charge in [0.15, 0.2) is 0 Å². The lowest BCUT2D eigenvalue weighted by Crippen LogP contribution is -2.52. The number of H-pyrrole nitrogens is 1. The predicted octanol–water partition coefficient (Wildman–Crippen LogP) is 2.38. The SMILES string of the molecule is CC(N)C1CCCCN1C(=O)c1ccc(-c2ccccc2)[nH]c1=O. The van der Waals surface area contributed by atoms with Crippen molar-refractivity contribution in [2.75, 3.05) is 6.54 Å². The Morgan fingerprint density at radius 1 is 1.21 bits per heavy atom. The zero-order chi connectivity index (χ0) is 17.1. The van der Waals surface area contributed by atoms with E-state index < -0.39 is 0 Å². The third-order valence-electron chi connectivity index (χ3n) is 4.64. The van der Waals surface area contributed by atoms with Crippen LogP contribution in [-0.4, -0.2) is 34.4 Å². The Morgan fingerprint density at radius 3 is 2.62 bits per heavy atom. The van der Waals surface area contributed by atoms with Crippen molar-refractivity contribution in [1.29, 1.82) is 0 Å². The number of aromatic amines is 1. The normalized spacial score (nSPS) is 19.1. The van der Waals surface area contributed by atoms with Crippen LogP contribution in [0.1, 0.15) is 36.5 Å². The first-order valence-electron chi connectivity index (χ1n) is 8.43. The summed E-state index contributed by atoms with van der Waals surface area (Å²) in [6.07, 6.45) is 2.91. The molecule has 126 valence electrons. The Labute approximate surface area is 141 Å². The van der Waals surface area contributed by atoms with Gasteiger partial charge in [-0.15, -0.1) is 0 Å². The van der Waals surface area contributed by atoms with Gasteiger partial charge < -0.3 is 15.6 Å². The van der Waals surface area contributed by atoms with E-state index in [-0.39, 0.29) is 29.1 Å². The molecule has 1 fully saturated rings. The number of hydrogen-bond donors (Lipinski definition) is 2. The van der Waals surface area contributed by atoms with E-state index >= 15 is 0 Å². The molecule has 1 saturated heterocycles. The minimum Gasteiger partial charge on any atom is -0.334 e. The van der Waals surface area contributed by atoms with Gasteiger partial charge >= 0.3 is 0 Å². The minimum absolute atomic E-state index is 0.000509. The van der Waals surface area contributed by atoms with Gasteiger partial charge in [0.2, 0.25) is 0 Å². The van der Waals surface area contributed by atoms with Crippen molar-refractivity contribution in [3.05, 3.63) is 58.4 Å². The average Bonchev–Trinajstić information content (AvgIpc) is 2.62. The summed E-state index contributed by atoms with van der Waals surface area (Å²) in [6.45, 7) is 2.57. The van der Waals surface area contributed by atoms with Crippen LogP contribution in [0, 0.1) is 0 Å². The second-order valence-electron chi connectivity index (χ2n) is 6.40. The largest absolute Gasteiger partial charge is 0.334 e. The number of nitrogens with one attached hydrogen (secondary N) is 1. The number of likely N-dealkylation sites (tertiary alicyclic amines) is 1. The number of amides is 1. The molecule has 3 N–H and O–H groups in total. The highest BCUT2D eigenvalue weighted by Crippen LogP contribution is 2.21. The van der Waals surface area contributed by atoms with E-state index in [0.29, 0.717) is 12.2 Å². The van der Waals surface area contributed by atoms with E-state index in [1.165, 1.54) is 0 Å². The van der Waals surface area contributed by atoms with Crippen LogP contribution in [0.4, 0.5) is 0 Å². The fourth-order valence-electron chi connectivity index (χ4n) is 3.34. The molecular formula is C19H23N3O2. The summed E-state index contributed by atoms with van der Waals surface area (Å²) in [4.78, 5) is 29.9. The standard InChI is InChI=1S/C19H23N3O2/c1-13(20)17-9-5-6-12-22(17)19(24)15-10-11-16(21-18(15)23)14-7-3-2-4-8-14/h2-4,7-8,10-11,13,17H,5-6,9,12,20H2,1H3,(H,21,23). The molecule has 1 aliphatic rings. The van der Waals surface area contributed by atoms with Crippen LogP contribution in [0.15, 0.2) is 47.3 Å². The van der Waals surface area contributed by atoms with E-state index in [0.717, 1.165) is 24.8 Å². The highest BCUT2D eigenvalue weighted by atomic mass is 16.2. The van der Waals surface area contributed by atoms with Crippen LogP contribution < -0.4 is 11.3 Å². The zero-order valence-corrected chi connectivity index (χ0v) is 13.9. The van der Waals surface area contributed by atoms with Crippen LogP contribution in [-0.2, 0) is 0 Å². The molecule has 2 atom stereocenters. The lowest BCUT2D eigenvalue weighted by molar-refractivity contribution is 0.0582. The first kappa shape index (κ1) is 16.5. The monoisotopic (exact) mass is 325 g/mol. The predicted molar refractivity (Wildman–Crippen MR) is 94.8 cm³/mol. The number of hydrogen-bond acceptors (Lipinski definition) is 3. The topological polar surface area (TPSA) is 79.2 Å². The molecule has 2 heterocycles. The minimum atomic E-state index is -0.352. The molecule has 2 unspecified atom stereocenters. The second-order valence-corrected chi connectivity index (χ2v) is 6.40. The highest BCUT2D eigenvalue weighted by Gasteiger charge is 2.30. The van der Waals surface area contributed by atoms with E-state index in [1.807, 2.05) is 37.3 Å². The van der Waals surface area contributed by atoms with Crippen LogP contribution in [0.25, 0.3) is 11.3 Å². The summed E-state index contributed by atoms with van der Waals surface area (Å²) in [5.74, 6) is -0.224. The van der Waals surface area contributed by atoms with Crippen molar-refractivity contribution in [3.8, 4) is 11.3 Å². The second kappa shape index (κ2) is 7.01. The van der Waals surface area contributed by atoms with Gasteiger partial charge in [-0.2, -0.15) is 0 Å². The van der Waals surface area contributed by atoms with E-state index in [1.54, 1.807) is 17.0 Å². The van der Waals surface area contributed by atoms with Crippen molar-refractivity contribution in [3.63, 3.8) is 0 Å². The lowest BCUT2D eigenvalue weighted by Gasteiger charge is -2.38. The van der Waals surface area contributed by atoms with Crippen molar-refractivity contribution >= 4 is 5.91 Å². The molecule has 24 heavy (non-hydrogen) atoms. The van der Waals surface area contributed by atoms with Gasteiger partial charge in [-0.05, 0) is 43.9 Å². The van der Waals surface area contributed by atoms with Crippen LogP contribution in [0.5, 0.6) is 0 Å². The molecule has 1 aliphatic heterocycles. The van der Waals surface area contributed by atoms with Crippen LogP contribution in [0.3, 0.4) is 0 Å². The van der Waals surface area contributed by atoms with Crippen molar-refractivity contribution in [2.45, 2.75) is 38.3 Å². The third-order valence-corrected chi connectivity index (χ3v) is 4.64. The molecule has 0 radical (unpaired) electrons. The first-order chi connectivity index (χ1) is 11.6. The van der Waals surface area contributed by atoms with Crippen molar-refractivity contribution < 1.29 is 4.79 Å². The molecule has 5 heteroatoms. The molecule has 0 aliphatic carbocycles. The van der Waals surface area contributed by atoms with E-state index in [2.05, 4.69) is 4.98 Å². The molecular weight excluding hydrogens is 302 g/mol. The number of aromatic nitrogens is 1. The van der Waals surface area contributed by atoms with Gasteiger partial charge in [-0.25, -0.2) is 0 Å². The van der Waals surface area contributed by atoms with Gasteiger partial charge in [0.1, 0.15) is 5.56 Å². The van der Waals surface area contributed by atoms with E-state index in [4.69, 9.17) is 5.73 Å². The smallest absolute Gasteiger partial charge is 0.261 e. The number of carbonyl (C=O) groups excluding carboxylic acids is 1. The summed E-state index contributed by atoms with van der Waals surface area (Å²) in [5, 5.41) is 0. The number of carbonyl (C=O) groups is 1. The van der Waals surface area contributed by atoms with Gasteiger partial charge in [0.25, 0.3) is 11.5 Å². The fraction of sp³-hybridized carbons (Fsp3) is 0.368. The van der Waals surface area contributed by atoms with Crippen LogP contribution in [0.2, 0.25) is 0 Å². The fourth-order valence-corrected chi connectivity index (χ4v) is 3.34. The third kappa shape index (κ3) is 3.26. The zero-order valence-electron chi connectivity index (χ0n) is 13.9. The number of pyridine rings is 1. The number of piperidine rings is 1. The van der Waals surface area contributed by atoms with Crippen molar-refractivity contribution in [2.24, 2.45) is 5.73 Å². The summed E-state index contributed by atoms with van der Waals surface area (Å²) < 4.78 is 0. The maximum atomic E-state index is 12.8. The first-order valence-corrected chi connectivity index (χ1v) is 8.43. The van der Waals surface area contributed by atoms with Crippen LogP contribution >= 0.6 is 0 Å². The van der Waals surface area contributed by atoms with Gasteiger partial charge in [0, 0.05) is 24.3 Å². The molecule has 1 aromatic heterocycles. The Morgan fingerprint density at radius 2 is 1.96 bits per heavy atom. The van der Waals surface area contributed by atoms with Gasteiger partial charge in [-0.3, -0.25) is 9.59 Å². The molecule has 2 aromatic rings. The molecule has 0 bridgehead atoms. The molecule has 1 amide bonds. The maximum absolute atomic E-state index is 12.8. The Kier molecular flexibility index (Phi) is 4.81. The Balaban J connectivity index is 1.89. The molecule has 3 rings (SSSR count). The highest BCUT2D eigenvalue weighted by molar-refractivity contribution is 5.94. The Bertz CT molecular complexity index is 768. The summed E-state index contributed by atoms with van der Waals surface area (Å²) in [7, 11) is 0. The number of rotatable bonds is 3. The Hall–Kier alpha value is -2.40. The summed E-state index contributed by atoms with van der Waals surface area (Å²) in [6, 6.07) is 12.9. The molecule has 0 saturated carbocycles. The molecule has 1 aromatic carbocycles. The molecule has 0 spiro atoms. The maximum Gasteiger partial charge on any atom is 0.261 e. The van der Waals surface area contributed by atoms with E-state index in [9.17, 15) is 9.59 Å². The average molecular weight is 325 g/mol. The number of nitrogens with two attached hydrogens (primary N) is 1. The van der Waals surface area contributed by atoms with Gasteiger partial charge in [-0.1, -0.05) is 30.3 Å². The summed E-state index contributed by atoms with van der Waals surface area (Å²) >= 11 is 0. The molecule has 5 nitrogen and oxygen atoms in total. The number of benzene rings is 1. The number of nitrogens with zero attached hydrogens (tertiary/aromatic N) is 1.